The molecule has 0 unspecified atom stereocenters. The van der Waals surface area contributed by atoms with Gasteiger partial charge in [0.15, 0.2) is 0 Å². The highest BCUT2D eigenvalue weighted by Gasteiger charge is 2.22. The monoisotopic (exact) mass is 333 g/mol. The van der Waals surface area contributed by atoms with E-state index in [0.29, 0.717) is 32.0 Å². The minimum absolute atomic E-state index is 0.0505. The standard InChI is InChI=1S/C17H27N5O2/c1-3-14(4-2)16(24)18-9-6-15(23)21-10-12-22(13-11-21)17-19-7-5-8-20-17/h5,7-8,14H,3-4,6,9-13H2,1-2H3,(H,18,24). The zero-order valence-corrected chi connectivity index (χ0v) is 14.6. The Balaban J connectivity index is 1.70. The van der Waals surface area contributed by atoms with Gasteiger partial charge in [0.05, 0.1) is 0 Å². The van der Waals surface area contributed by atoms with Crippen LogP contribution in [-0.4, -0.2) is 59.4 Å². The van der Waals surface area contributed by atoms with Gasteiger partial charge in [-0.2, -0.15) is 0 Å². The van der Waals surface area contributed by atoms with E-state index in [-0.39, 0.29) is 17.7 Å². The molecule has 0 radical (unpaired) electrons. The molecular weight excluding hydrogens is 306 g/mol. The van der Waals surface area contributed by atoms with Crippen LogP contribution in [0, 0.1) is 5.92 Å². The normalized spacial score (nSPS) is 14.8. The number of amides is 2. The second kappa shape index (κ2) is 9.20. The van der Waals surface area contributed by atoms with Crippen molar-refractivity contribution >= 4 is 17.8 Å². The molecule has 7 nitrogen and oxygen atoms in total. The van der Waals surface area contributed by atoms with Crippen LogP contribution in [0.4, 0.5) is 5.95 Å². The molecule has 0 bridgehead atoms. The molecule has 1 saturated heterocycles. The van der Waals surface area contributed by atoms with Gasteiger partial charge in [0.25, 0.3) is 0 Å². The summed E-state index contributed by atoms with van der Waals surface area (Å²) in [5.41, 5.74) is 0. The number of nitrogens with zero attached hydrogens (tertiary/aromatic N) is 4. The Morgan fingerprint density at radius 1 is 1.12 bits per heavy atom. The summed E-state index contributed by atoms with van der Waals surface area (Å²) in [6.45, 7) is 7.22. The average Bonchev–Trinajstić information content (AvgIpc) is 2.63. The van der Waals surface area contributed by atoms with Gasteiger partial charge in [-0.25, -0.2) is 9.97 Å². The van der Waals surface area contributed by atoms with E-state index in [2.05, 4.69) is 20.2 Å². The third-order valence-corrected chi connectivity index (χ3v) is 4.46. The first-order valence-corrected chi connectivity index (χ1v) is 8.73. The quantitative estimate of drug-likeness (QED) is 0.807. The Kier molecular flexibility index (Phi) is 6.96. The summed E-state index contributed by atoms with van der Waals surface area (Å²) < 4.78 is 0. The van der Waals surface area contributed by atoms with Crippen molar-refractivity contribution in [3.05, 3.63) is 18.5 Å². The number of aromatic nitrogens is 2. The summed E-state index contributed by atoms with van der Waals surface area (Å²) in [7, 11) is 0. The van der Waals surface area contributed by atoms with Crippen LogP contribution in [0.25, 0.3) is 0 Å². The molecule has 1 fully saturated rings. The molecule has 0 aromatic carbocycles. The van der Waals surface area contributed by atoms with Crippen LogP contribution in [0.15, 0.2) is 18.5 Å². The molecule has 1 aliphatic heterocycles. The van der Waals surface area contributed by atoms with Crippen LogP contribution in [0.2, 0.25) is 0 Å². The number of piperazine rings is 1. The Morgan fingerprint density at radius 2 is 1.75 bits per heavy atom. The van der Waals surface area contributed by atoms with Crippen molar-refractivity contribution in [3.8, 4) is 0 Å². The van der Waals surface area contributed by atoms with Crippen LogP contribution in [0.1, 0.15) is 33.1 Å². The molecule has 0 saturated carbocycles. The highest BCUT2D eigenvalue weighted by Crippen LogP contribution is 2.10. The summed E-state index contributed by atoms with van der Waals surface area (Å²) in [4.78, 5) is 36.6. The number of rotatable bonds is 7. The van der Waals surface area contributed by atoms with E-state index in [1.165, 1.54) is 0 Å². The van der Waals surface area contributed by atoms with Gasteiger partial charge in [-0.05, 0) is 18.9 Å². The minimum atomic E-state index is 0.0505. The van der Waals surface area contributed by atoms with Crippen molar-refractivity contribution in [2.24, 2.45) is 5.92 Å². The minimum Gasteiger partial charge on any atom is -0.355 e. The lowest BCUT2D eigenvalue weighted by Crippen LogP contribution is -2.49. The van der Waals surface area contributed by atoms with Crippen molar-refractivity contribution in [1.82, 2.24) is 20.2 Å². The lowest BCUT2D eigenvalue weighted by atomic mass is 10.0. The van der Waals surface area contributed by atoms with E-state index in [1.54, 1.807) is 18.5 Å². The van der Waals surface area contributed by atoms with Gasteiger partial charge in [0.2, 0.25) is 17.8 Å². The predicted molar refractivity (Wildman–Crippen MR) is 92.5 cm³/mol. The van der Waals surface area contributed by atoms with Crippen molar-refractivity contribution < 1.29 is 9.59 Å². The molecule has 1 N–H and O–H groups in total. The molecule has 2 rings (SSSR count). The molecule has 7 heteroatoms. The predicted octanol–water partition coefficient (Wildman–Crippen LogP) is 1.07. The largest absolute Gasteiger partial charge is 0.355 e. The Hall–Kier alpha value is -2.18. The topological polar surface area (TPSA) is 78.4 Å². The summed E-state index contributed by atoms with van der Waals surface area (Å²) in [6.07, 6.45) is 5.47. The average molecular weight is 333 g/mol. The van der Waals surface area contributed by atoms with Gasteiger partial charge < -0.3 is 15.1 Å². The molecular formula is C17H27N5O2. The van der Waals surface area contributed by atoms with E-state index in [0.717, 1.165) is 25.9 Å². The van der Waals surface area contributed by atoms with Gasteiger partial charge in [-0.3, -0.25) is 9.59 Å². The number of carbonyl (C=O) groups excluding carboxylic acids is 2. The zero-order chi connectivity index (χ0) is 17.4. The molecule has 24 heavy (non-hydrogen) atoms. The number of nitrogens with one attached hydrogen (secondary N) is 1. The van der Waals surface area contributed by atoms with Crippen LogP contribution < -0.4 is 10.2 Å². The van der Waals surface area contributed by atoms with Gasteiger partial charge in [-0.15, -0.1) is 0 Å². The van der Waals surface area contributed by atoms with E-state index >= 15 is 0 Å². The third kappa shape index (κ3) is 4.91. The molecule has 2 amide bonds. The molecule has 132 valence electrons. The van der Waals surface area contributed by atoms with Crippen LogP contribution in [-0.2, 0) is 9.59 Å². The van der Waals surface area contributed by atoms with Gasteiger partial charge in [0.1, 0.15) is 0 Å². The maximum Gasteiger partial charge on any atom is 0.225 e. The molecule has 0 aliphatic carbocycles. The fourth-order valence-corrected chi connectivity index (χ4v) is 2.86. The second-order valence-electron chi connectivity index (χ2n) is 5.97. The third-order valence-electron chi connectivity index (χ3n) is 4.46. The Labute approximate surface area is 143 Å². The van der Waals surface area contributed by atoms with Crippen molar-refractivity contribution in [1.29, 1.82) is 0 Å². The zero-order valence-electron chi connectivity index (χ0n) is 14.6. The lowest BCUT2D eigenvalue weighted by Gasteiger charge is -2.34. The number of hydrogen-bond acceptors (Lipinski definition) is 5. The first-order valence-electron chi connectivity index (χ1n) is 8.73. The summed E-state index contributed by atoms with van der Waals surface area (Å²) in [5.74, 6) is 0.906. The molecule has 0 spiro atoms. The fourth-order valence-electron chi connectivity index (χ4n) is 2.86. The van der Waals surface area contributed by atoms with Gasteiger partial charge in [-0.1, -0.05) is 13.8 Å². The molecule has 1 aromatic rings. The highest BCUT2D eigenvalue weighted by atomic mass is 16.2. The fraction of sp³-hybridized carbons (Fsp3) is 0.647. The first kappa shape index (κ1) is 18.2. The van der Waals surface area contributed by atoms with E-state index in [4.69, 9.17) is 0 Å². The maximum absolute atomic E-state index is 12.3. The maximum atomic E-state index is 12.3. The van der Waals surface area contributed by atoms with E-state index < -0.39 is 0 Å². The van der Waals surface area contributed by atoms with Crippen LogP contribution in [0.3, 0.4) is 0 Å². The highest BCUT2D eigenvalue weighted by molar-refractivity contribution is 5.80. The number of hydrogen-bond donors (Lipinski definition) is 1. The molecule has 0 atom stereocenters. The van der Waals surface area contributed by atoms with E-state index in [9.17, 15) is 9.59 Å². The Bertz CT molecular complexity index is 525. The number of carbonyl (C=O) groups is 2. The first-order chi connectivity index (χ1) is 11.7. The number of anilines is 1. The SMILES string of the molecule is CCC(CC)C(=O)NCCC(=O)N1CCN(c2ncccn2)CC1. The van der Waals surface area contributed by atoms with Gasteiger partial charge >= 0.3 is 0 Å². The summed E-state index contributed by atoms with van der Waals surface area (Å²) >= 11 is 0. The van der Waals surface area contributed by atoms with Crippen molar-refractivity contribution in [2.75, 3.05) is 37.6 Å². The van der Waals surface area contributed by atoms with Crippen molar-refractivity contribution in [3.63, 3.8) is 0 Å². The van der Waals surface area contributed by atoms with Gasteiger partial charge in [0, 0.05) is 57.5 Å². The smallest absolute Gasteiger partial charge is 0.225 e. The summed E-state index contributed by atoms with van der Waals surface area (Å²) in [6, 6.07) is 1.79. The Morgan fingerprint density at radius 3 is 2.33 bits per heavy atom. The molecule has 1 aliphatic rings. The van der Waals surface area contributed by atoms with Crippen LogP contribution in [0.5, 0.6) is 0 Å². The summed E-state index contributed by atoms with van der Waals surface area (Å²) in [5, 5.41) is 2.87. The molecule has 2 heterocycles. The van der Waals surface area contributed by atoms with Crippen molar-refractivity contribution in [2.45, 2.75) is 33.1 Å². The lowest BCUT2D eigenvalue weighted by molar-refractivity contribution is -0.131. The second-order valence-corrected chi connectivity index (χ2v) is 5.97. The van der Waals surface area contributed by atoms with Crippen LogP contribution >= 0.6 is 0 Å². The van der Waals surface area contributed by atoms with E-state index in [1.807, 2.05) is 18.7 Å². The molecule has 1 aromatic heterocycles.